The van der Waals surface area contributed by atoms with Crippen LogP contribution in [0.1, 0.15) is 19.3 Å². The number of carbonyl (C=O) groups is 1. The molecular formula is C20H23N5O. The summed E-state index contributed by atoms with van der Waals surface area (Å²) in [7, 11) is 0. The average molecular weight is 349 g/mol. The molecule has 1 amide bonds. The summed E-state index contributed by atoms with van der Waals surface area (Å²) >= 11 is 0. The van der Waals surface area contributed by atoms with Gasteiger partial charge in [-0.15, -0.1) is 5.10 Å². The molecule has 3 heterocycles. The van der Waals surface area contributed by atoms with Gasteiger partial charge < -0.3 is 14.8 Å². The van der Waals surface area contributed by atoms with Crippen LogP contribution in [0.3, 0.4) is 0 Å². The Hall–Kier alpha value is -2.89. The van der Waals surface area contributed by atoms with E-state index in [1.165, 1.54) is 10.9 Å². The van der Waals surface area contributed by atoms with Gasteiger partial charge in [0.05, 0.1) is 0 Å². The van der Waals surface area contributed by atoms with Gasteiger partial charge in [0, 0.05) is 50.0 Å². The maximum atomic E-state index is 12.3. The minimum atomic E-state index is 0.0915. The molecule has 134 valence electrons. The average Bonchev–Trinajstić information content (AvgIpc) is 3.32. The first-order valence-electron chi connectivity index (χ1n) is 9.16. The van der Waals surface area contributed by atoms with E-state index in [0.717, 1.165) is 25.2 Å². The summed E-state index contributed by atoms with van der Waals surface area (Å²) in [4.78, 5) is 14.5. The largest absolute Gasteiger partial charge is 0.354 e. The Morgan fingerprint density at radius 3 is 3.00 bits per heavy atom. The molecule has 0 bridgehead atoms. The Bertz CT molecular complexity index is 876. The predicted octanol–water partition coefficient (Wildman–Crippen LogP) is 2.61. The highest BCUT2D eigenvalue weighted by atomic mass is 16.1. The zero-order chi connectivity index (χ0) is 17.8. The summed E-state index contributed by atoms with van der Waals surface area (Å²) in [5.74, 6) is 0.983. The summed E-state index contributed by atoms with van der Waals surface area (Å²) in [6.07, 6.45) is 6.40. The number of anilines is 1. The Morgan fingerprint density at radius 1 is 1.19 bits per heavy atom. The third-order valence-electron chi connectivity index (χ3n) is 5.02. The fourth-order valence-electron chi connectivity index (χ4n) is 3.67. The summed E-state index contributed by atoms with van der Waals surface area (Å²) in [6.45, 7) is 2.31. The first-order chi connectivity index (χ1) is 12.8. The van der Waals surface area contributed by atoms with Crippen molar-refractivity contribution in [2.45, 2.75) is 31.8 Å². The highest BCUT2D eigenvalue weighted by molar-refractivity contribution is 5.80. The van der Waals surface area contributed by atoms with Gasteiger partial charge in [0.2, 0.25) is 5.91 Å². The van der Waals surface area contributed by atoms with Gasteiger partial charge in [-0.3, -0.25) is 4.79 Å². The molecule has 6 heteroatoms. The van der Waals surface area contributed by atoms with E-state index in [4.69, 9.17) is 0 Å². The molecule has 26 heavy (non-hydrogen) atoms. The van der Waals surface area contributed by atoms with Crippen LogP contribution in [-0.2, 0) is 11.3 Å². The number of nitrogens with zero attached hydrogens (tertiary/aromatic N) is 4. The number of aromatic nitrogens is 3. The first-order valence-corrected chi connectivity index (χ1v) is 9.16. The molecule has 3 aromatic rings. The topological polar surface area (TPSA) is 63.1 Å². The van der Waals surface area contributed by atoms with Crippen molar-refractivity contribution in [3.8, 4) is 0 Å². The summed E-state index contributed by atoms with van der Waals surface area (Å²) < 4.78 is 2.14. The zero-order valence-corrected chi connectivity index (χ0v) is 14.7. The lowest BCUT2D eigenvalue weighted by Gasteiger charge is -2.25. The number of rotatable bonds is 6. The van der Waals surface area contributed by atoms with Crippen molar-refractivity contribution < 1.29 is 4.79 Å². The van der Waals surface area contributed by atoms with E-state index in [9.17, 15) is 4.79 Å². The molecule has 0 saturated carbocycles. The lowest BCUT2D eigenvalue weighted by Crippen LogP contribution is -2.40. The van der Waals surface area contributed by atoms with Crippen LogP contribution in [0.4, 0.5) is 5.82 Å². The van der Waals surface area contributed by atoms with E-state index < -0.39 is 0 Å². The third-order valence-corrected chi connectivity index (χ3v) is 5.02. The van der Waals surface area contributed by atoms with Gasteiger partial charge in [-0.2, -0.15) is 5.10 Å². The minimum Gasteiger partial charge on any atom is -0.354 e. The van der Waals surface area contributed by atoms with E-state index in [2.05, 4.69) is 43.2 Å². The molecule has 2 aromatic heterocycles. The molecule has 4 rings (SSSR count). The molecule has 1 aliphatic rings. The van der Waals surface area contributed by atoms with Crippen LogP contribution in [0.15, 0.2) is 54.9 Å². The molecular weight excluding hydrogens is 326 g/mol. The number of aryl methyl sites for hydroxylation is 1. The fourth-order valence-corrected chi connectivity index (χ4v) is 3.67. The monoisotopic (exact) mass is 349 g/mol. The summed E-state index contributed by atoms with van der Waals surface area (Å²) in [5, 5.41) is 12.5. The highest BCUT2D eigenvalue weighted by Crippen LogP contribution is 2.22. The second-order valence-electron chi connectivity index (χ2n) is 6.69. The summed E-state index contributed by atoms with van der Waals surface area (Å²) in [6, 6.07) is 14.5. The van der Waals surface area contributed by atoms with Gasteiger partial charge in [-0.25, -0.2) is 0 Å². The number of para-hydroxylation sites is 1. The Labute approximate surface area is 152 Å². The van der Waals surface area contributed by atoms with Gasteiger partial charge >= 0.3 is 0 Å². The zero-order valence-electron chi connectivity index (χ0n) is 14.7. The molecule has 1 aromatic carbocycles. The number of hydrogen-bond acceptors (Lipinski definition) is 4. The molecule has 6 nitrogen and oxygen atoms in total. The maximum absolute atomic E-state index is 12.3. The van der Waals surface area contributed by atoms with Gasteiger partial charge in [0.25, 0.3) is 0 Å². The molecule has 1 fully saturated rings. The SMILES string of the molecule is O=C(CCn1ccc2ccccc21)NCC1CCCN1c1cccnn1. The van der Waals surface area contributed by atoms with Crippen LogP contribution in [0.5, 0.6) is 0 Å². The van der Waals surface area contributed by atoms with Gasteiger partial charge in [0.1, 0.15) is 0 Å². The quantitative estimate of drug-likeness (QED) is 0.743. The lowest BCUT2D eigenvalue weighted by molar-refractivity contribution is -0.121. The van der Waals surface area contributed by atoms with Crippen molar-refractivity contribution in [3.05, 3.63) is 54.9 Å². The normalized spacial score (nSPS) is 16.9. The fraction of sp³-hybridized carbons (Fsp3) is 0.350. The van der Waals surface area contributed by atoms with E-state index in [-0.39, 0.29) is 5.91 Å². The molecule has 0 radical (unpaired) electrons. The van der Waals surface area contributed by atoms with Crippen molar-refractivity contribution in [2.75, 3.05) is 18.0 Å². The number of fused-ring (bicyclic) bond motifs is 1. The number of hydrogen-bond donors (Lipinski definition) is 1. The van der Waals surface area contributed by atoms with E-state index >= 15 is 0 Å². The molecule has 1 atom stereocenters. The smallest absolute Gasteiger partial charge is 0.221 e. The number of nitrogens with one attached hydrogen (secondary N) is 1. The Morgan fingerprint density at radius 2 is 2.12 bits per heavy atom. The maximum Gasteiger partial charge on any atom is 0.221 e. The molecule has 0 spiro atoms. The molecule has 1 aliphatic heterocycles. The van der Waals surface area contributed by atoms with Crippen LogP contribution in [0.25, 0.3) is 10.9 Å². The van der Waals surface area contributed by atoms with Gasteiger partial charge in [0.15, 0.2) is 5.82 Å². The van der Waals surface area contributed by atoms with E-state index in [1.54, 1.807) is 6.20 Å². The van der Waals surface area contributed by atoms with Crippen LogP contribution >= 0.6 is 0 Å². The van der Waals surface area contributed by atoms with Gasteiger partial charge in [-0.05, 0) is 42.5 Å². The van der Waals surface area contributed by atoms with Crippen LogP contribution in [0, 0.1) is 0 Å². The van der Waals surface area contributed by atoms with Crippen molar-refractivity contribution in [1.29, 1.82) is 0 Å². The lowest BCUT2D eigenvalue weighted by atomic mass is 10.2. The Kier molecular flexibility index (Phi) is 4.82. The van der Waals surface area contributed by atoms with Gasteiger partial charge in [-0.1, -0.05) is 18.2 Å². The van der Waals surface area contributed by atoms with Crippen LogP contribution in [0.2, 0.25) is 0 Å². The standard InChI is InChI=1S/C20H23N5O/c26-20(10-14-24-13-9-16-5-1-2-7-18(16)24)21-15-17-6-4-12-25(17)19-8-3-11-22-23-19/h1-3,5,7-9,11,13,17H,4,6,10,12,14-15H2,(H,21,26). The third kappa shape index (κ3) is 3.54. The van der Waals surface area contributed by atoms with Crippen molar-refractivity contribution >= 4 is 22.6 Å². The summed E-state index contributed by atoms with van der Waals surface area (Å²) in [5.41, 5.74) is 1.17. The molecule has 1 N–H and O–H groups in total. The van der Waals surface area contributed by atoms with Crippen LogP contribution in [-0.4, -0.2) is 39.8 Å². The van der Waals surface area contributed by atoms with Crippen LogP contribution < -0.4 is 10.2 Å². The first kappa shape index (κ1) is 16.6. The minimum absolute atomic E-state index is 0.0915. The number of benzene rings is 1. The second kappa shape index (κ2) is 7.56. The molecule has 1 saturated heterocycles. The number of carbonyl (C=O) groups excluding carboxylic acids is 1. The van der Waals surface area contributed by atoms with Crippen molar-refractivity contribution in [1.82, 2.24) is 20.1 Å². The van der Waals surface area contributed by atoms with E-state index in [1.807, 2.05) is 30.5 Å². The molecule has 0 aliphatic carbocycles. The predicted molar refractivity (Wildman–Crippen MR) is 102 cm³/mol. The molecule has 1 unspecified atom stereocenters. The van der Waals surface area contributed by atoms with Crippen molar-refractivity contribution in [3.63, 3.8) is 0 Å². The Balaban J connectivity index is 1.30. The highest BCUT2D eigenvalue weighted by Gasteiger charge is 2.26. The second-order valence-corrected chi connectivity index (χ2v) is 6.69. The van der Waals surface area contributed by atoms with E-state index in [0.29, 0.717) is 25.6 Å². The van der Waals surface area contributed by atoms with Crippen molar-refractivity contribution in [2.24, 2.45) is 0 Å². The number of amides is 1.